The van der Waals surface area contributed by atoms with E-state index in [2.05, 4.69) is 39.4 Å². The summed E-state index contributed by atoms with van der Waals surface area (Å²) in [6.45, 7) is 6.74. The molecule has 1 aliphatic rings. The summed E-state index contributed by atoms with van der Waals surface area (Å²) in [4.78, 5) is 2.48. The molecule has 1 N–H and O–H groups in total. The predicted molar refractivity (Wildman–Crippen MR) is 52.9 cm³/mol. The SMILES string of the molecule is CC(C)N1CCC[C@H](c2nn[nH]n2)C1. The fourth-order valence-corrected chi connectivity index (χ4v) is 2.03. The molecular formula is C9H17N5. The molecule has 2 heterocycles. The van der Waals surface area contributed by atoms with Crippen LogP contribution in [0.2, 0.25) is 0 Å². The molecule has 2 rings (SSSR count). The van der Waals surface area contributed by atoms with E-state index in [-0.39, 0.29) is 0 Å². The van der Waals surface area contributed by atoms with Crippen LogP contribution in [0.5, 0.6) is 0 Å². The first-order valence-corrected chi connectivity index (χ1v) is 5.24. The third-order valence-electron chi connectivity index (χ3n) is 2.91. The molecular weight excluding hydrogens is 178 g/mol. The predicted octanol–water partition coefficient (Wildman–Crippen LogP) is 0.787. The lowest BCUT2D eigenvalue weighted by molar-refractivity contribution is 0.165. The maximum Gasteiger partial charge on any atom is 0.178 e. The molecule has 1 atom stereocenters. The van der Waals surface area contributed by atoms with Crippen LogP contribution in [-0.2, 0) is 0 Å². The lowest BCUT2D eigenvalue weighted by atomic mass is 9.96. The van der Waals surface area contributed by atoms with Crippen molar-refractivity contribution in [3.05, 3.63) is 5.82 Å². The number of rotatable bonds is 2. The van der Waals surface area contributed by atoms with Crippen LogP contribution in [-0.4, -0.2) is 44.7 Å². The molecule has 1 saturated heterocycles. The minimum absolute atomic E-state index is 0.463. The number of H-pyrrole nitrogens is 1. The standard InChI is InChI=1S/C9H17N5/c1-7(2)14-5-3-4-8(6-14)9-10-12-13-11-9/h7-8H,3-6H2,1-2H3,(H,10,11,12,13)/t8-/m0/s1. The second-order valence-electron chi connectivity index (χ2n) is 4.20. The van der Waals surface area contributed by atoms with E-state index in [1.54, 1.807) is 0 Å². The molecule has 5 heteroatoms. The topological polar surface area (TPSA) is 57.7 Å². The van der Waals surface area contributed by atoms with Gasteiger partial charge in [0.2, 0.25) is 0 Å². The lowest BCUT2D eigenvalue weighted by Crippen LogP contribution is -2.39. The highest BCUT2D eigenvalue weighted by Gasteiger charge is 2.25. The molecule has 5 nitrogen and oxygen atoms in total. The first kappa shape index (κ1) is 9.58. The number of nitrogens with zero attached hydrogens (tertiary/aromatic N) is 4. The Morgan fingerprint density at radius 1 is 1.50 bits per heavy atom. The second-order valence-corrected chi connectivity index (χ2v) is 4.20. The third-order valence-corrected chi connectivity index (χ3v) is 2.91. The van der Waals surface area contributed by atoms with Gasteiger partial charge in [-0.1, -0.05) is 5.21 Å². The van der Waals surface area contributed by atoms with Crippen LogP contribution in [0, 0.1) is 0 Å². The first-order chi connectivity index (χ1) is 6.77. The fourth-order valence-electron chi connectivity index (χ4n) is 2.03. The zero-order chi connectivity index (χ0) is 9.97. The van der Waals surface area contributed by atoms with Crippen molar-refractivity contribution in [2.24, 2.45) is 0 Å². The van der Waals surface area contributed by atoms with Gasteiger partial charge in [0.05, 0.1) is 0 Å². The maximum absolute atomic E-state index is 4.06. The summed E-state index contributed by atoms with van der Waals surface area (Å²) in [5, 5.41) is 14.3. The van der Waals surface area contributed by atoms with Gasteiger partial charge in [0.15, 0.2) is 5.82 Å². The van der Waals surface area contributed by atoms with E-state index in [0.717, 1.165) is 12.4 Å². The van der Waals surface area contributed by atoms with Gasteiger partial charge in [0.25, 0.3) is 0 Å². The molecule has 0 aromatic carbocycles. The first-order valence-electron chi connectivity index (χ1n) is 5.24. The molecule has 0 saturated carbocycles. The molecule has 1 aromatic heterocycles. The highest BCUT2D eigenvalue weighted by molar-refractivity contribution is 4.95. The van der Waals surface area contributed by atoms with E-state index in [1.165, 1.54) is 19.4 Å². The van der Waals surface area contributed by atoms with Gasteiger partial charge >= 0.3 is 0 Å². The molecule has 1 aromatic rings. The van der Waals surface area contributed by atoms with Gasteiger partial charge in [0.1, 0.15) is 0 Å². The Morgan fingerprint density at radius 3 is 3.00 bits per heavy atom. The summed E-state index contributed by atoms with van der Waals surface area (Å²) in [7, 11) is 0. The molecule has 1 aliphatic heterocycles. The summed E-state index contributed by atoms with van der Waals surface area (Å²) >= 11 is 0. The fraction of sp³-hybridized carbons (Fsp3) is 0.889. The highest BCUT2D eigenvalue weighted by atomic mass is 15.5. The van der Waals surface area contributed by atoms with Crippen LogP contribution in [0.4, 0.5) is 0 Å². The molecule has 0 spiro atoms. The van der Waals surface area contributed by atoms with Crippen molar-refractivity contribution in [2.45, 2.75) is 38.6 Å². The summed E-state index contributed by atoms with van der Waals surface area (Å²) in [6, 6.07) is 0.615. The van der Waals surface area contributed by atoms with Crippen LogP contribution in [0.25, 0.3) is 0 Å². The zero-order valence-corrected chi connectivity index (χ0v) is 8.77. The number of aromatic nitrogens is 4. The molecule has 14 heavy (non-hydrogen) atoms. The summed E-state index contributed by atoms with van der Waals surface area (Å²) < 4.78 is 0. The van der Waals surface area contributed by atoms with Gasteiger partial charge in [0, 0.05) is 18.5 Å². The van der Waals surface area contributed by atoms with E-state index in [9.17, 15) is 0 Å². The quantitative estimate of drug-likeness (QED) is 0.758. The van der Waals surface area contributed by atoms with Crippen molar-refractivity contribution in [1.82, 2.24) is 25.5 Å². The van der Waals surface area contributed by atoms with Crippen molar-refractivity contribution < 1.29 is 0 Å². The van der Waals surface area contributed by atoms with Gasteiger partial charge in [-0.15, -0.1) is 10.2 Å². The number of aromatic amines is 1. The Kier molecular flexibility index (Phi) is 2.77. The minimum atomic E-state index is 0.463. The number of piperidine rings is 1. The second kappa shape index (κ2) is 4.04. The average Bonchev–Trinajstić information content (AvgIpc) is 2.71. The molecule has 78 valence electrons. The molecule has 0 aliphatic carbocycles. The Morgan fingerprint density at radius 2 is 2.36 bits per heavy atom. The van der Waals surface area contributed by atoms with Gasteiger partial charge in [-0.3, -0.25) is 0 Å². The van der Waals surface area contributed by atoms with E-state index in [0.29, 0.717) is 12.0 Å². The average molecular weight is 195 g/mol. The molecule has 0 amide bonds. The Bertz CT molecular complexity index is 269. The van der Waals surface area contributed by atoms with Crippen LogP contribution in [0.1, 0.15) is 38.4 Å². The van der Waals surface area contributed by atoms with Gasteiger partial charge < -0.3 is 4.90 Å². The number of tetrazole rings is 1. The third kappa shape index (κ3) is 1.92. The van der Waals surface area contributed by atoms with Crippen LogP contribution in [0.3, 0.4) is 0 Å². The van der Waals surface area contributed by atoms with Crippen LogP contribution >= 0.6 is 0 Å². The molecule has 0 bridgehead atoms. The van der Waals surface area contributed by atoms with Crippen molar-refractivity contribution in [1.29, 1.82) is 0 Å². The number of hydrogen-bond donors (Lipinski definition) is 1. The summed E-state index contributed by atoms with van der Waals surface area (Å²) in [5.74, 6) is 1.33. The minimum Gasteiger partial charge on any atom is -0.300 e. The highest BCUT2D eigenvalue weighted by Crippen LogP contribution is 2.24. The summed E-state index contributed by atoms with van der Waals surface area (Å²) in [6.07, 6.45) is 2.42. The van der Waals surface area contributed by atoms with Gasteiger partial charge in [-0.05, 0) is 33.2 Å². The van der Waals surface area contributed by atoms with Crippen LogP contribution in [0.15, 0.2) is 0 Å². The van der Waals surface area contributed by atoms with E-state index in [4.69, 9.17) is 0 Å². The van der Waals surface area contributed by atoms with Crippen molar-refractivity contribution in [2.75, 3.05) is 13.1 Å². The van der Waals surface area contributed by atoms with E-state index < -0.39 is 0 Å². The summed E-state index contributed by atoms with van der Waals surface area (Å²) in [5.41, 5.74) is 0. The Hall–Kier alpha value is -0.970. The van der Waals surface area contributed by atoms with E-state index >= 15 is 0 Å². The lowest BCUT2D eigenvalue weighted by Gasteiger charge is -2.34. The van der Waals surface area contributed by atoms with Crippen molar-refractivity contribution in [3.8, 4) is 0 Å². The van der Waals surface area contributed by atoms with E-state index in [1.807, 2.05) is 0 Å². The van der Waals surface area contributed by atoms with Crippen LogP contribution < -0.4 is 0 Å². The largest absolute Gasteiger partial charge is 0.300 e. The Labute approximate surface area is 83.9 Å². The Balaban J connectivity index is 2.01. The smallest absolute Gasteiger partial charge is 0.178 e. The maximum atomic E-state index is 4.06. The zero-order valence-electron chi connectivity index (χ0n) is 8.77. The number of hydrogen-bond acceptors (Lipinski definition) is 4. The molecule has 0 unspecified atom stereocenters. The van der Waals surface area contributed by atoms with Crippen molar-refractivity contribution in [3.63, 3.8) is 0 Å². The number of nitrogens with one attached hydrogen (secondary N) is 1. The monoisotopic (exact) mass is 195 g/mol. The van der Waals surface area contributed by atoms with Gasteiger partial charge in [-0.2, -0.15) is 5.21 Å². The normalized spacial score (nSPS) is 24.4. The number of likely N-dealkylation sites (tertiary alicyclic amines) is 1. The molecule has 0 radical (unpaired) electrons. The molecule has 1 fully saturated rings. The van der Waals surface area contributed by atoms with Gasteiger partial charge in [-0.25, -0.2) is 0 Å². The van der Waals surface area contributed by atoms with Crippen molar-refractivity contribution >= 4 is 0 Å².